The van der Waals surface area contributed by atoms with Crippen LogP contribution in [-0.2, 0) is 53.3 Å². The fourth-order valence-electron chi connectivity index (χ4n) is 4.99. The monoisotopic (exact) mass is 495 g/mol. The second-order valence-corrected chi connectivity index (χ2v) is 10.0. The first-order valence-electron chi connectivity index (χ1n) is 13.9. The van der Waals surface area contributed by atoms with Crippen LogP contribution in [0, 0.1) is 0 Å². The molecular weight excluding hydrogens is 450 g/mol. The molecule has 3 N–H and O–H groups in total. The van der Waals surface area contributed by atoms with E-state index in [4.69, 9.17) is 14.2 Å². The van der Waals surface area contributed by atoms with Crippen molar-refractivity contribution in [3.8, 4) is 0 Å². The van der Waals surface area contributed by atoms with E-state index in [1.54, 1.807) is 0 Å². The highest BCUT2D eigenvalue weighted by Crippen LogP contribution is 2.16. The van der Waals surface area contributed by atoms with Gasteiger partial charge in [-0.3, -0.25) is 0 Å². The Kier molecular flexibility index (Phi) is 12.2. The Morgan fingerprint density at radius 2 is 0.694 bits per heavy atom. The highest BCUT2D eigenvalue weighted by molar-refractivity contribution is 5.31. The second kappa shape index (κ2) is 16.1. The van der Waals surface area contributed by atoms with Crippen LogP contribution in [0.2, 0.25) is 0 Å². The zero-order valence-corrected chi connectivity index (χ0v) is 21.9. The first-order chi connectivity index (χ1) is 17.8. The quantitative estimate of drug-likeness (QED) is 0.520. The Morgan fingerprint density at radius 3 is 1.03 bits per heavy atom. The van der Waals surface area contributed by atoms with Crippen molar-refractivity contribution in [1.29, 1.82) is 0 Å². The van der Waals surface area contributed by atoms with Crippen LogP contribution < -0.4 is 16.0 Å². The van der Waals surface area contributed by atoms with Gasteiger partial charge in [-0.1, -0.05) is 36.4 Å². The Bertz CT molecular complexity index is 693. The number of benzene rings is 2. The normalized spacial score (nSPS) is 20.3. The second-order valence-electron chi connectivity index (χ2n) is 10.0. The van der Waals surface area contributed by atoms with Crippen LogP contribution in [0.4, 0.5) is 0 Å². The van der Waals surface area contributed by atoms with Crippen LogP contribution >= 0.6 is 0 Å². The van der Waals surface area contributed by atoms with Gasteiger partial charge in [0.25, 0.3) is 0 Å². The molecular formula is C30H45N3O3. The molecule has 2 aromatic rings. The number of ether oxygens (including phenoxy) is 3. The van der Waals surface area contributed by atoms with E-state index in [-0.39, 0.29) is 0 Å². The van der Waals surface area contributed by atoms with Gasteiger partial charge in [-0.05, 0) is 91.5 Å². The molecule has 3 aliphatic rings. The SMILES string of the molecule is c1c2cc3cc1CCCNCCOCc1cc(cc(c1)COCCNCCC3)COCCNCCC2. The largest absolute Gasteiger partial charge is 0.375 e. The fraction of sp³-hybridized carbons (Fsp3) is 0.600. The minimum absolute atomic E-state index is 0.612. The Labute approximate surface area is 217 Å². The molecule has 36 heavy (non-hydrogen) atoms. The lowest BCUT2D eigenvalue weighted by molar-refractivity contribution is 0.115. The van der Waals surface area contributed by atoms with Crippen LogP contribution in [0.5, 0.6) is 0 Å². The van der Waals surface area contributed by atoms with E-state index in [0.29, 0.717) is 39.6 Å². The molecule has 0 aromatic heterocycles. The molecule has 0 unspecified atom stereocenters. The molecule has 6 heteroatoms. The van der Waals surface area contributed by atoms with Crippen LogP contribution in [0.15, 0.2) is 36.4 Å². The third-order valence-corrected chi connectivity index (χ3v) is 6.76. The molecule has 3 aliphatic heterocycles. The van der Waals surface area contributed by atoms with Gasteiger partial charge in [-0.2, -0.15) is 0 Å². The maximum absolute atomic E-state index is 5.99. The van der Waals surface area contributed by atoms with Gasteiger partial charge >= 0.3 is 0 Å². The van der Waals surface area contributed by atoms with Gasteiger partial charge in [0.2, 0.25) is 0 Å². The van der Waals surface area contributed by atoms with Crippen molar-refractivity contribution >= 4 is 0 Å². The van der Waals surface area contributed by atoms with E-state index >= 15 is 0 Å². The van der Waals surface area contributed by atoms with E-state index in [0.717, 1.165) is 77.8 Å². The molecule has 6 nitrogen and oxygen atoms in total. The van der Waals surface area contributed by atoms with Gasteiger partial charge in [0.15, 0.2) is 0 Å². The lowest BCUT2D eigenvalue weighted by Crippen LogP contribution is -2.22. The van der Waals surface area contributed by atoms with Crippen LogP contribution in [-0.4, -0.2) is 59.1 Å². The van der Waals surface area contributed by atoms with Crippen molar-refractivity contribution in [3.05, 3.63) is 69.8 Å². The highest BCUT2D eigenvalue weighted by Gasteiger charge is 2.06. The molecule has 0 saturated carbocycles. The maximum Gasteiger partial charge on any atom is 0.0717 e. The fourth-order valence-corrected chi connectivity index (χ4v) is 4.99. The summed E-state index contributed by atoms with van der Waals surface area (Å²) in [5.41, 5.74) is 7.98. The minimum atomic E-state index is 0.612. The van der Waals surface area contributed by atoms with Crippen molar-refractivity contribution in [2.24, 2.45) is 0 Å². The van der Waals surface area contributed by atoms with Crippen LogP contribution in [0.25, 0.3) is 0 Å². The van der Waals surface area contributed by atoms with Crippen molar-refractivity contribution in [1.82, 2.24) is 16.0 Å². The number of rotatable bonds is 0. The highest BCUT2D eigenvalue weighted by atomic mass is 16.5. The summed E-state index contributed by atoms with van der Waals surface area (Å²) in [6.45, 7) is 9.67. The van der Waals surface area contributed by atoms with E-state index in [1.165, 1.54) is 33.4 Å². The lowest BCUT2D eigenvalue weighted by atomic mass is 9.97. The Balaban J connectivity index is 1.48. The summed E-state index contributed by atoms with van der Waals surface area (Å²) in [6, 6.07) is 13.9. The summed E-state index contributed by atoms with van der Waals surface area (Å²) in [7, 11) is 0. The number of hydrogen-bond acceptors (Lipinski definition) is 6. The summed E-state index contributed by atoms with van der Waals surface area (Å²) >= 11 is 0. The zero-order chi connectivity index (χ0) is 24.7. The van der Waals surface area contributed by atoms with Crippen molar-refractivity contribution in [2.75, 3.05) is 59.1 Å². The first-order valence-corrected chi connectivity index (χ1v) is 13.9. The molecule has 0 aliphatic carbocycles. The Morgan fingerprint density at radius 1 is 0.389 bits per heavy atom. The van der Waals surface area contributed by atoms with E-state index in [2.05, 4.69) is 52.3 Å². The van der Waals surface area contributed by atoms with Gasteiger partial charge in [0.1, 0.15) is 0 Å². The molecule has 0 spiro atoms. The average molecular weight is 496 g/mol. The van der Waals surface area contributed by atoms with Crippen molar-refractivity contribution in [2.45, 2.75) is 58.3 Å². The molecule has 0 saturated heterocycles. The van der Waals surface area contributed by atoms with Gasteiger partial charge in [-0.15, -0.1) is 0 Å². The van der Waals surface area contributed by atoms with Crippen molar-refractivity contribution < 1.29 is 14.2 Å². The first kappa shape index (κ1) is 27.2. The summed E-state index contributed by atoms with van der Waals surface area (Å²) < 4.78 is 18.0. The van der Waals surface area contributed by atoms with E-state index in [1.807, 2.05) is 0 Å². The number of aryl methyl sites for hydroxylation is 3. The molecule has 198 valence electrons. The molecule has 6 bridgehead atoms. The summed E-state index contributed by atoms with van der Waals surface area (Å²) in [4.78, 5) is 0. The van der Waals surface area contributed by atoms with E-state index in [9.17, 15) is 0 Å². The van der Waals surface area contributed by atoms with Gasteiger partial charge < -0.3 is 30.2 Å². The zero-order valence-electron chi connectivity index (χ0n) is 21.9. The predicted octanol–water partition coefficient (Wildman–Crippen LogP) is 3.53. The standard InChI is InChI=1S/C30H45N3O3/c1-4-25-16-26-5-2-8-32-11-14-35-23-29-19-28(22-34-13-10-31-7-1)20-30(21-29)24-36-15-12-33-9-3-6-27(17-25)18-26/h16-21,31-33H,1-15,22-24H2. The number of nitrogens with one attached hydrogen (secondary N) is 3. The van der Waals surface area contributed by atoms with E-state index < -0.39 is 0 Å². The molecule has 3 heterocycles. The topological polar surface area (TPSA) is 63.8 Å². The predicted molar refractivity (Wildman–Crippen MR) is 145 cm³/mol. The molecule has 5 rings (SSSR count). The van der Waals surface area contributed by atoms with Gasteiger partial charge in [-0.25, -0.2) is 0 Å². The van der Waals surface area contributed by atoms with Crippen molar-refractivity contribution in [3.63, 3.8) is 0 Å². The van der Waals surface area contributed by atoms with Crippen LogP contribution in [0.3, 0.4) is 0 Å². The molecule has 0 fully saturated rings. The maximum atomic E-state index is 5.99. The molecule has 0 radical (unpaired) electrons. The molecule has 0 atom stereocenters. The summed E-state index contributed by atoms with van der Waals surface area (Å²) in [5, 5.41) is 10.7. The average Bonchev–Trinajstić information content (AvgIpc) is 2.87. The summed E-state index contributed by atoms with van der Waals surface area (Å²) in [5.74, 6) is 0. The molecule has 0 amide bonds. The lowest BCUT2D eigenvalue weighted by Gasteiger charge is -2.14. The Hall–Kier alpha value is -1.80. The third-order valence-electron chi connectivity index (χ3n) is 6.76. The third kappa shape index (κ3) is 10.3. The van der Waals surface area contributed by atoms with Gasteiger partial charge in [0.05, 0.1) is 39.6 Å². The minimum Gasteiger partial charge on any atom is -0.375 e. The number of hydrogen-bond donors (Lipinski definition) is 3. The molecule has 2 aromatic carbocycles. The smallest absolute Gasteiger partial charge is 0.0717 e. The number of fused-ring (bicyclic) bond motifs is 21. The van der Waals surface area contributed by atoms with Crippen LogP contribution in [0.1, 0.15) is 52.6 Å². The van der Waals surface area contributed by atoms with Gasteiger partial charge in [0, 0.05) is 19.6 Å². The summed E-state index contributed by atoms with van der Waals surface area (Å²) in [6.07, 6.45) is 6.81.